The van der Waals surface area contributed by atoms with Crippen molar-refractivity contribution in [2.24, 2.45) is 0 Å². The lowest BCUT2D eigenvalue weighted by atomic mass is 10.2. The smallest absolute Gasteiger partial charge is 0.329 e. The van der Waals surface area contributed by atoms with Gasteiger partial charge in [0, 0.05) is 12.7 Å². The highest BCUT2D eigenvalue weighted by molar-refractivity contribution is 7.12. The maximum absolute atomic E-state index is 12.4. The number of aromatic nitrogens is 1. The molecule has 0 saturated carbocycles. The lowest BCUT2D eigenvalue weighted by molar-refractivity contribution is -0.147. The number of hydrogen-bond donors (Lipinski definition) is 1. The van der Waals surface area contributed by atoms with Gasteiger partial charge in [0.15, 0.2) is 6.61 Å². The molecule has 1 N–H and O–H groups in total. The van der Waals surface area contributed by atoms with E-state index in [1.807, 2.05) is 5.38 Å². The highest BCUT2D eigenvalue weighted by Gasteiger charge is 2.36. The minimum atomic E-state index is -0.610. The summed E-state index contributed by atoms with van der Waals surface area (Å²) in [4.78, 5) is 41.4. The number of ether oxygens (including phenoxy) is 1. The van der Waals surface area contributed by atoms with Gasteiger partial charge in [-0.15, -0.1) is 11.3 Å². The average Bonchev–Trinajstić information content (AvgIpc) is 3.33. The van der Waals surface area contributed by atoms with Crippen LogP contribution in [-0.2, 0) is 9.53 Å². The van der Waals surface area contributed by atoms with E-state index < -0.39 is 12.0 Å². The molecule has 1 aliphatic rings. The Morgan fingerprint density at radius 1 is 1.30 bits per heavy atom. The summed E-state index contributed by atoms with van der Waals surface area (Å²) in [6.07, 6.45) is 2.95. The first-order chi connectivity index (χ1) is 11.2. The maximum atomic E-state index is 12.4. The maximum Gasteiger partial charge on any atom is 0.329 e. The van der Waals surface area contributed by atoms with Gasteiger partial charge in [0.05, 0.1) is 10.6 Å². The number of thiophene rings is 1. The minimum Gasteiger partial charge on any atom is -0.456 e. The molecule has 3 rings (SSSR count). The molecule has 1 amide bonds. The Hall–Kier alpha value is -2.41. The summed E-state index contributed by atoms with van der Waals surface area (Å²) in [5.74, 6) is -0.972. The van der Waals surface area contributed by atoms with Crippen molar-refractivity contribution in [2.75, 3.05) is 13.2 Å². The summed E-state index contributed by atoms with van der Waals surface area (Å²) in [5, 5.41) is 1.83. The van der Waals surface area contributed by atoms with Crippen LogP contribution < -0.4 is 0 Å². The van der Waals surface area contributed by atoms with Crippen LogP contribution in [0.1, 0.15) is 33.0 Å². The number of aromatic amines is 1. The van der Waals surface area contributed by atoms with Crippen molar-refractivity contribution in [2.45, 2.75) is 18.9 Å². The number of H-pyrrole nitrogens is 1. The fraction of sp³-hybridized carbons (Fsp3) is 0.312. The van der Waals surface area contributed by atoms with Gasteiger partial charge in [0.25, 0.3) is 5.91 Å². The summed E-state index contributed by atoms with van der Waals surface area (Å²) in [6.45, 7) is 0.206. The van der Waals surface area contributed by atoms with E-state index in [9.17, 15) is 14.4 Å². The molecule has 1 fully saturated rings. The standard InChI is InChI=1S/C16H16N2O4S/c19-13(11-4-1-7-17-11)10-22-16(21)12-5-2-8-18(12)15(20)14-6-3-9-23-14/h1,3-4,6-7,9,12,17H,2,5,8,10H2/t12-/m1/s1. The van der Waals surface area contributed by atoms with Gasteiger partial charge in [-0.3, -0.25) is 9.59 Å². The van der Waals surface area contributed by atoms with Crippen LogP contribution in [0.15, 0.2) is 35.8 Å². The lowest BCUT2D eigenvalue weighted by Crippen LogP contribution is -2.41. The predicted molar refractivity (Wildman–Crippen MR) is 84.5 cm³/mol. The van der Waals surface area contributed by atoms with Crippen molar-refractivity contribution in [3.8, 4) is 0 Å². The van der Waals surface area contributed by atoms with Crippen molar-refractivity contribution >= 4 is 29.0 Å². The molecule has 2 aromatic rings. The van der Waals surface area contributed by atoms with Gasteiger partial charge in [-0.25, -0.2) is 4.79 Å². The number of esters is 1. The van der Waals surface area contributed by atoms with E-state index in [0.717, 1.165) is 6.42 Å². The molecular formula is C16H16N2O4S. The summed E-state index contributed by atoms with van der Waals surface area (Å²) < 4.78 is 5.11. The van der Waals surface area contributed by atoms with E-state index in [1.165, 1.54) is 16.2 Å². The zero-order valence-electron chi connectivity index (χ0n) is 12.4. The van der Waals surface area contributed by atoms with Crippen molar-refractivity contribution in [1.82, 2.24) is 9.88 Å². The fourth-order valence-corrected chi connectivity index (χ4v) is 3.29. The first kappa shape index (κ1) is 15.5. The number of carbonyl (C=O) groups is 3. The number of amides is 1. The van der Waals surface area contributed by atoms with Gasteiger partial charge in [-0.1, -0.05) is 6.07 Å². The number of hydrogen-bond acceptors (Lipinski definition) is 5. The van der Waals surface area contributed by atoms with E-state index in [4.69, 9.17) is 4.74 Å². The number of rotatable bonds is 5. The second kappa shape index (κ2) is 6.78. The van der Waals surface area contributed by atoms with Crippen LogP contribution in [0.3, 0.4) is 0 Å². The van der Waals surface area contributed by atoms with E-state index in [1.54, 1.807) is 30.5 Å². The number of likely N-dealkylation sites (tertiary alicyclic amines) is 1. The highest BCUT2D eigenvalue weighted by Crippen LogP contribution is 2.23. The quantitative estimate of drug-likeness (QED) is 0.672. The zero-order chi connectivity index (χ0) is 16.2. The third-order valence-corrected chi connectivity index (χ3v) is 4.62. The Morgan fingerprint density at radius 2 is 2.17 bits per heavy atom. The second-order valence-corrected chi connectivity index (χ2v) is 6.20. The van der Waals surface area contributed by atoms with E-state index in [-0.39, 0.29) is 18.3 Å². The number of carbonyl (C=O) groups excluding carboxylic acids is 3. The van der Waals surface area contributed by atoms with Crippen molar-refractivity contribution in [1.29, 1.82) is 0 Å². The minimum absolute atomic E-state index is 0.157. The number of ketones is 1. The van der Waals surface area contributed by atoms with Crippen LogP contribution in [0.5, 0.6) is 0 Å². The molecule has 0 spiro atoms. The molecule has 0 aromatic carbocycles. The third-order valence-electron chi connectivity index (χ3n) is 3.76. The van der Waals surface area contributed by atoms with Crippen LogP contribution in [-0.4, -0.2) is 46.7 Å². The second-order valence-electron chi connectivity index (χ2n) is 5.25. The normalized spacial score (nSPS) is 17.2. The van der Waals surface area contributed by atoms with Gasteiger partial charge < -0.3 is 14.6 Å². The lowest BCUT2D eigenvalue weighted by Gasteiger charge is -2.22. The molecule has 23 heavy (non-hydrogen) atoms. The molecule has 2 aromatic heterocycles. The van der Waals surface area contributed by atoms with Gasteiger partial charge in [0.1, 0.15) is 6.04 Å². The van der Waals surface area contributed by atoms with Crippen LogP contribution in [0.25, 0.3) is 0 Å². The SMILES string of the molecule is O=C(COC(=O)[C@H]1CCCN1C(=O)c1cccs1)c1ccc[nH]1. The number of nitrogens with zero attached hydrogens (tertiary/aromatic N) is 1. The van der Waals surface area contributed by atoms with E-state index in [0.29, 0.717) is 23.5 Å². The summed E-state index contributed by atoms with van der Waals surface area (Å²) in [5.41, 5.74) is 0.399. The Kier molecular flexibility index (Phi) is 4.57. The molecule has 1 atom stereocenters. The summed E-state index contributed by atoms with van der Waals surface area (Å²) >= 11 is 1.35. The molecule has 1 saturated heterocycles. The third kappa shape index (κ3) is 3.34. The van der Waals surface area contributed by atoms with Gasteiger partial charge >= 0.3 is 5.97 Å². The van der Waals surface area contributed by atoms with Crippen LogP contribution in [0.4, 0.5) is 0 Å². The molecule has 120 valence electrons. The largest absolute Gasteiger partial charge is 0.456 e. The number of Topliss-reactive ketones (excluding diaryl/α,β-unsaturated/α-hetero) is 1. The van der Waals surface area contributed by atoms with Crippen molar-refractivity contribution in [3.63, 3.8) is 0 Å². The Bertz CT molecular complexity index is 694. The molecule has 0 aliphatic carbocycles. The molecule has 1 aliphatic heterocycles. The van der Waals surface area contributed by atoms with E-state index >= 15 is 0 Å². The molecular weight excluding hydrogens is 316 g/mol. The first-order valence-electron chi connectivity index (χ1n) is 7.34. The molecule has 0 bridgehead atoms. The zero-order valence-corrected chi connectivity index (χ0v) is 13.2. The van der Waals surface area contributed by atoms with Crippen LogP contribution in [0.2, 0.25) is 0 Å². The first-order valence-corrected chi connectivity index (χ1v) is 8.22. The van der Waals surface area contributed by atoms with Crippen molar-refractivity contribution in [3.05, 3.63) is 46.4 Å². The molecule has 0 unspecified atom stereocenters. The molecule has 6 nitrogen and oxygen atoms in total. The van der Waals surface area contributed by atoms with Crippen molar-refractivity contribution < 1.29 is 19.1 Å². The Morgan fingerprint density at radius 3 is 2.87 bits per heavy atom. The van der Waals surface area contributed by atoms with Gasteiger partial charge in [-0.2, -0.15) is 0 Å². The molecule has 0 radical (unpaired) electrons. The van der Waals surface area contributed by atoms with Crippen LogP contribution >= 0.6 is 11.3 Å². The summed E-state index contributed by atoms with van der Waals surface area (Å²) in [6, 6.07) is 6.26. The summed E-state index contributed by atoms with van der Waals surface area (Å²) in [7, 11) is 0. The van der Waals surface area contributed by atoms with E-state index in [2.05, 4.69) is 4.98 Å². The Balaban J connectivity index is 1.60. The topological polar surface area (TPSA) is 79.5 Å². The van der Waals surface area contributed by atoms with Gasteiger partial charge in [-0.05, 0) is 36.4 Å². The average molecular weight is 332 g/mol. The molecule has 3 heterocycles. The Labute approximate surface area is 137 Å². The fourth-order valence-electron chi connectivity index (χ4n) is 2.61. The van der Waals surface area contributed by atoms with Gasteiger partial charge in [0.2, 0.25) is 5.78 Å². The monoisotopic (exact) mass is 332 g/mol. The van der Waals surface area contributed by atoms with Crippen LogP contribution in [0, 0.1) is 0 Å². The highest BCUT2D eigenvalue weighted by atomic mass is 32.1. The predicted octanol–water partition coefficient (Wildman–Crippen LogP) is 2.11. The molecule has 7 heteroatoms. The number of nitrogens with one attached hydrogen (secondary N) is 1.